The van der Waals surface area contributed by atoms with Gasteiger partial charge in [0.1, 0.15) is 11.3 Å². The van der Waals surface area contributed by atoms with Gasteiger partial charge in [0.2, 0.25) is 0 Å². The number of nitrogen functional groups attached to an aromatic ring is 1. The Labute approximate surface area is 202 Å². The number of anilines is 1. The van der Waals surface area contributed by atoms with Crippen LogP contribution in [0.25, 0.3) is 10.9 Å². The van der Waals surface area contributed by atoms with Gasteiger partial charge >= 0.3 is 5.97 Å². The number of fused-ring (bicyclic) bond motifs is 1. The highest BCUT2D eigenvalue weighted by atomic mass is 16.5. The second-order valence-corrected chi connectivity index (χ2v) is 7.66. The van der Waals surface area contributed by atoms with E-state index in [1.807, 2.05) is 0 Å². The quantitative estimate of drug-likeness (QED) is 0.285. The van der Waals surface area contributed by atoms with Crippen molar-refractivity contribution in [1.29, 1.82) is 0 Å². The van der Waals surface area contributed by atoms with Gasteiger partial charge in [0.15, 0.2) is 11.5 Å². The summed E-state index contributed by atoms with van der Waals surface area (Å²) in [7, 11) is 1.49. The van der Waals surface area contributed by atoms with E-state index in [0.717, 1.165) is 0 Å². The van der Waals surface area contributed by atoms with Crippen molar-refractivity contribution >= 4 is 28.5 Å². The van der Waals surface area contributed by atoms with Gasteiger partial charge in [-0.05, 0) is 37.6 Å². The predicted octanol–water partition coefficient (Wildman–Crippen LogP) is 2.79. The molecule has 0 atom stereocenters. The van der Waals surface area contributed by atoms with Crippen LogP contribution in [0.3, 0.4) is 0 Å². The second kappa shape index (κ2) is 11.9. The van der Waals surface area contributed by atoms with Crippen LogP contribution in [0.15, 0.2) is 36.4 Å². The van der Waals surface area contributed by atoms with E-state index in [9.17, 15) is 14.7 Å². The minimum absolute atomic E-state index is 0.0215. The van der Waals surface area contributed by atoms with Gasteiger partial charge in [0.25, 0.3) is 5.91 Å². The molecule has 0 saturated heterocycles. The number of aromatic nitrogens is 1. The fourth-order valence-electron chi connectivity index (χ4n) is 3.62. The zero-order valence-electron chi connectivity index (χ0n) is 19.7. The van der Waals surface area contributed by atoms with E-state index in [2.05, 4.69) is 10.3 Å². The first kappa shape index (κ1) is 25.6. The smallest absolute Gasteiger partial charge is 0.339 e. The number of nitrogens with two attached hydrogens (primary N) is 1. The maximum Gasteiger partial charge on any atom is 0.339 e. The Kier molecular flexibility index (Phi) is 8.69. The molecule has 0 saturated carbocycles. The summed E-state index contributed by atoms with van der Waals surface area (Å²) >= 11 is 0. The Morgan fingerprint density at radius 3 is 2.49 bits per heavy atom. The van der Waals surface area contributed by atoms with E-state index in [1.54, 1.807) is 43.3 Å². The van der Waals surface area contributed by atoms with Crippen molar-refractivity contribution in [3.05, 3.63) is 53.2 Å². The number of hydrogen-bond acceptors (Lipinski definition) is 8. The van der Waals surface area contributed by atoms with E-state index in [-0.39, 0.29) is 37.0 Å². The monoisotopic (exact) mass is 483 g/mol. The number of aliphatic hydroxyl groups excluding tert-OH is 1. The number of carboxylic acids is 1. The molecule has 0 bridgehead atoms. The number of methoxy groups -OCH3 is 1. The van der Waals surface area contributed by atoms with Gasteiger partial charge in [-0.2, -0.15) is 0 Å². The molecule has 0 aliphatic rings. The third kappa shape index (κ3) is 5.90. The Balaban J connectivity index is 1.63. The van der Waals surface area contributed by atoms with E-state index in [0.29, 0.717) is 58.8 Å². The SMILES string of the molecule is COc1cccc(C(=O)NCCCOc2cccc3nc(C)c(C(=O)O)c(N)c23)c1OCCCO. The Hall–Kier alpha value is -4.05. The molecule has 1 amide bonds. The number of benzene rings is 2. The molecule has 5 N–H and O–H groups in total. The molecular weight excluding hydrogens is 454 g/mol. The van der Waals surface area contributed by atoms with Gasteiger partial charge in [-0.15, -0.1) is 0 Å². The minimum Gasteiger partial charge on any atom is -0.493 e. The van der Waals surface area contributed by atoms with Gasteiger partial charge in [-0.3, -0.25) is 9.78 Å². The summed E-state index contributed by atoms with van der Waals surface area (Å²) in [4.78, 5) is 28.7. The number of pyridine rings is 1. The molecule has 3 rings (SSSR count). The molecule has 10 heteroatoms. The zero-order valence-corrected chi connectivity index (χ0v) is 19.7. The second-order valence-electron chi connectivity index (χ2n) is 7.66. The average molecular weight is 484 g/mol. The number of aliphatic hydroxyl groups is 1. The Morgan fingerprint density at radius 2 is 1.77 bits per heavy atom. The number of rotatable bonds is 12. The number of carboxylic acid groups (broad SMARTS) is 1. The van der Waals surface area contributed by atoms with Gasteiger partial charge in [0, 0.05) is 19.6 Å². The fraction of sp³-hybridized carbons (Fsp3) is 0.320. The molecule has 1 aromatic heterocycles. The van der Waals surface area contributed by atoms with Crippen LogP contribution in [0, 0.1) is 6.92 Å². The minimum atomic E-state index is -1.15. The summed E-state index contributed by atoms with van der Waals surface area (Å²) in [5, 5.41) is 21.7. The summed E-state index contributed by atoms with van der Waals surface area (Å²) in [5.41, 5.74) is 7.41. The lowest BCUT2D eigenvalue weighted by molar-refractivity contribution is 0.0696. The van der Waals surface area contributed by atoms with Crippen molar-refractivity contribution in [3.8, 4) is 17.2 Å². The summed E-state index contributed by atoms with van der Waals surface area (Å²) < 4.78 is 16.8. The lowest BCUT2D eigenvalue weighted by Gasteiger charge is -2.15. The van der Waals surface area contributed by atoms with E-state index in [1.165, 1.54) is 7.11 Å². The first-order valence-corrected chi connectivity index (χ1v) is 11.1. The number of carbonyl (C=O) groups excluding carboxylic acids is 1. The number of carbonyl (C=O) groups is 2. The van der Waals surface area contributed by atoms with Crippen molar-refractivity contribution < 1.29 is 34.0 Å². The maximum absolute atomic E-state index is 12.7. The molecule has 186 valence electrons. The third-order valence-electron chi connectivity index (χ3n) is 5.26. The number of aromatic carboxylic acids is 1. The standard InChI is InChI=1S/C25H29N3O7/c1-15-20(25(31)32)22(26)21-17(28-15)8-4-9-18(21)34-13-5-11-27-24(30)16-7-3-10-19(33-2)23(16)35-14-6-12-29/h3-4,7-10,29H,5-6,11-14H2,1-2H3,(H2,26,28)(H,27,30)(H,31,32). The van der Waals surface area contributed by atoms with E-state index < -0.39 is 5.97 Å². The Morgan fingerprint density at radius 1 is 1.06 bits per heavy atom. The molecule has 0 unspecified atom stereocenters. The van der Waals surface area contributed by atoms with Gasteiger partial charge in [-0.1, -0.05) is 12.1 Å². The number of nitrogens with zero attached hydrogens (tertiary/aromatic N) is 1. The highest BCUT2D eigenvalue weighted by Gasteiger charge is 2.19. The lowest BCUT2D eigenvalue weighted by atomic mass is 10.1. The molecule has 0 aliphatic carbocycles. The first-order chi connectivity index (χ1) is 16.9. The fourth-order valence-corrected chi connectivity index (χ4v) is 3.62. The molecule has 35 heavy (non-hydrogen) atoms. The van der Waals surface area contributed by atoms with Crippen LogP contribution < -0.4 is 25.3 Å². The van der Waals surface area contributed by atoms with Crippen LogP contribution in [0.4, 0.5) is 5.69 Å². The van der Waals surface area contributed by atoms with E-state index >= 15 is 0 Å². The van der Waals surface area contributed by atoms with Gasteiger partial charge in [0.05, 0.1) is 48.2 Å². The summed E-state index contributed by atoms with van der Waals surface area (Å²) in [5.74, 6) is -0.307. The Bertz CT molecular complexity index is 1210. The zero-order chi connectivity index (χ0) is 25.4. The van der Waals surface area contributed by atoms with Crippen LogP contribution >= 0.6 is 0 Å². The topological polar surface area (TPSA) is 153 Å². The molecule has 2 aromatic carbocycles. The molecule has 0 spiro atoms. The number of para-hydroxylation sites is 1. The largest absolute Gasteiger partial charge is 0.493 e. The molecule has 1 heterocycles. The molecular formula is C25H29N3O7. The number of hydrogen-bond donors (Lipinski definition) is 4. The van der Waals surface area contributed by atoms with Crippen molar-refractivity contribution in [1.82, 2.24) is 10.3 Å². The maximum atomic E-state index is 12.7. The number of amides is 1. The van der Waals surface area contributed by atoms with Crippen LogP contribution in [-0.4, -0.2) is 60.5 Å². The highest BCUT2D eigenvalue weighted by Crippen LogP contribution is 2.34. The van der Waals surface area contributed by atoms with Gasteiger partial charge < -0.3 is 35.5 Å². The summed E-state index contributed by atoms with van der Waals surface area (Å²) in [6, 6.07) is 10.2. The molecule has 0 aliphatic heterocycles. The molecule has 0 fully saturated rings. The van der Waals surface area contributed by atoms with E-state index in [4.69, 9.17) is 25.1 Å². The highest BCUT2D eigenvalue weighted by molar-refractivity contribution is 6.06. The molecule has 3 aromatic rings. The average Bonchev–Trinajstić information content (AvgIpc) is 2.83. The normalized spacial score (nSPS) is 10.7. The molecule has 0 radical (unpaired) electrons. The van der Waals surface area contributed by atoms with Crippen LogP contribution in [0.5, 0.6) is 17.2 Å². The molecule has 10 nitrogen and oxygen atoms in total. The number of ether oxygens (including phenoxy) is 3. The van der Waals surface area contributed by atoms with Crippen molar-refractivity contribution in [2.75, 3.05) is 39.2 Å². The lowest BCUT2D eigenvalue weighted by Crippen LogP contribution is -2.26. The van der Waals surface area contributed by atoms with Crippen LogP contribution in [-0.2, 0) is 0 Å². The summed E-state index contributed by atoms with van der Waals surface area (Å²) in [6.07, 6.45) is 0.913. The van der Waals surface area contributed by atoms with Crippen molar-refractivity contribution in [2.45, 2.75) is 19.8 Å². The van der Waals surface area contributed by atoms with Crippen LogP contribution in [0.2, 0.25) is 0 Å². The van der Waals surface area contributed by atoms with Gasteiger partial charge in [-0.25, -0.2) is 4.79 Å². The first-order valence-electron chi connectivity index (χ1n) is 11.1. The van der Waals surface area contributed by atoms with Crippen molar-refractivity contribution in [2.24, 2.45) is 0 Å². The third-order valence-corrected chi connectivity index (χ3v) is 5.26. The van der Waals surface area contributed by atoms with Crippen molar-refractivity contribution in [3.63, 3.8) is 0 Å². The summed E-state index contributed by atoms with van der Waals surface area (Å²) in [6.45, 7) is 2.40. The number of nitrogens with one attached hydrogen (secondary N) is 1. The number of aryl methyl sites for hydroxylation is 1. The predicted molar refractivity (Wildman–Crippen MR) is 130 cm³/mol. The van der Waals surface area contributed by atoms with Crippen LogP contribution in [0.1, 0.15) is 39.3 Å².